The summed E-state index contributed by atoms with van der Waals surface area (Å²) >= 11 is 0. The molecule has 0 amide bonds. The van der Waals surface area contributed by atoms with E-state index in [9.17, 15) is 0 Å². The van der Waals surface area contributed by atoms with E-state index in [0.29, 0.717) is 6.04 Å². The van der Waals surface area contributed by atoms with Gasteiger partial charge in [-0.2, -0.15) is 0 Å². The van der Waals surface area contributed by atoms with E-state index in [0.717, 1.165) is 6.54 Å². The summed E-state index contributed by atoms with van der Waals surface area (Å²) in [6.07, 6.45) is 0. The van der Waals surface area contributed by atoms with Gasteiger partial charge >= 0.3 is 0 Å². The molecule has 0 saturated carbocycles. The zero-order chi connectivity index (χ0) is 6.57. The summed E-state index contributed by atoms with van der Waals surface area (Å²) in [4.78, 5) is 2.17. The van der Waals surface area contributed by atoms with Crippen LogP contribution in [0.1, 0.15) is 6.92 Å². The van der Waals surface area contributed by atoms with Crippen LogP contribution in [-0.2, 0) is 0 Å². The van der Waals surface area contributed by atoms with Crippen LogP contribution in [0.3, 0.4) is 0 Å². The van der Waals surface area contributed by atoms with E-state index in [4.69, 9.17) is 0 Å². The van der Waals surface area contributed by atoms with Crippen LogP contribution in [0.2, 0.25) is 0 Å². The highest BCUT2D eigenvalue weighted by molar-refractivity contribution is 4.58. The quantitative estimate of drug-likeness (QED) is 0.565. The normalized spacial score (nSPS) is 14.6. The van der Waals surface area contributed by atoms with Crippen molar-refractivity contribution in [2.45, 2.75) is 13.0 Å². The second kappa shape index (κ2) is 3.87. The summed E-state index contributed by atoms with van der Waals surface area (Å²) in [6.45, 7) is 3.27. The van der Waals surface area contributed by atoms with E-state index < -0.39 is 0 Å². The molecule has 0 bridgehead atoms. The molecule has 1 N–H and O–H groups in total. The number of likely N-dealkylation sites (N-methyl/N-ethyl adjacent to an activating group) is 2. The molecule has 0 aromatic carbocycles. The van der Waals surface area contributed by atoms with Gasteiger partial charge < -0.3 is 10.2 Å². The Morgan fingerprint density at radius 3 is 2.12 bits per heavy atom. The molecule has 50 valence electrons. The molecule has 0 saturated heterocycles. The Balaban J connectivity index is 3.10. The fourth-order valence-corrected chi connectivity index (χ4v) is 0.639. The number of nitrogens with zero attached hydrogens (tertiary/aromatic N) is 1. The van der Waals surface area contributed by atoms with E-state index in [1.807, 2.05) is 7.05 Å². The van der Waals surface area contributed by atoms with Crippen molar-refractivity contribution in [1.82, 2.24) is 10.2 Å². The second-order valence-electron chi connectivity index (χ2n) is 2.45. The summed E-state index contributed by atoms with van der Waals surface area (Å²) in [5.41, 5.74) is 0. The Labute approximate surface area is 51.9 Å². The topological polar surface area (TPSA) is 15.3 Å². The smallest absolute Gasteiger partial charge is 0.0163 e. The van der Waals surface area contributed by atoms with Crippen LogP contribution in [0.5, 0.6) is 0 Å². The summed E-state index contributed by atoms with van der Waals surface area (Å²) in [5.74, 6) is 0. The van der Waals surface area contributed by atoms with Crippen LogP contribution in [0, 0.1) is 0 Å². The van der Waals surface area contributed by atoms with Gasteiger partial charge in [0.25, 0.3) is 0 Å². The summed E-state index contributed by atoms with van der Waals surface area (Å²) in [5, 5.41) is 3.15. The fourth-order valence-electron chi connectivity index (χ4n) is 0.639. The van der Waals surface area contributed by atoms with Gasteiger partial charge in [0.15, 0.2) is 0 Å². The maximum atomic E-state index is 3.15. The monoisotopic (exact) mass is 116 g/mol. The Kier molecular flexibility index (Phi) is 3.83. The zero-order valence-electron chi connectivity index (χ0n) is 6.23. The Morgan fingerprint density at radius 2 is 2.00 bits per heavy atom. The van der Waals surface area contributed by atoms with Gasteiger partial charge in [-0.05, 0) is 28.1 Å². The molecule has 0 heterocycles. The van der Waals surface area contributed by atoms with Crippen molar-refractivity contribution in [2.24, 2.45) is 0 Å². The van der Waals surface area contributed by atoms with Gasteiger partial charge in [0.05, 0.1) is 0 Å². The Morgan fingerprint density at radius 1 is 1.50 bits per heavy atom. The summed E-state index contributed by atoms with van der Waals surface area (Å²) < 4.78 is 0. The van der Waals surface area contributed by atoms with Crippen molar-refractivity contribution in [2.75, 3.05) is 27.7 Å². The minimum absolute atomic E-state index is 0.602. The van der Waals surface area contributed by atoms with Crippen LogP contribution >= 0.6 is 0 Å². The summed E-state index contributed by atoms with van der Waals surface area (Å²) in [6, 6.07) is 0.602. The Bertz CT molecular complexity index is 52.5. The lowest BCUT2D eigenvalue weighted by molar-refractivity contribution is 0.360. The molecule has 2 nitrogen and oxygen atoms in total. The largest absolute Gasteiger partial charge is 0.316 e. The fraction of sp³-hybridized carbons (Fsp3) is 1.00. The summed E-state index contributed by atoms with van der Waals surface area (Å²) in [7, 11) is 6.13. The third-order valence-electron chi connectivity index (χ3n) is 1.13. The molecule has 1 atom stereocenters. The van der Waals surface area contributed by atoms with Gasteiger partial charge in [0.1, 0.15) is 0 Å². The number of hydrogen-bond acceptors (Lipinski definition) is 2. The van der Waals surface area contributed by atoms with Crippen molar-refractivity contribution in [3.8, 4) is 0 Å². The second-order valence-corrected chi connectivity index (χ2v) is 2.45. The molecule has 0 aliphatic heterocycles. The van der Waals surface area contributed by atoms with Gasteiger partial charge in [0.2, 0.25) is 0 Å². The average molecular weight is 116 g/mol. The minimum atomic E-state index is 0.602. The van der Waals surface area contributed by atoms with Crippen LogP contribution in [-0.4, -0.2) is 38.6 Å². The van der Waals surface area contributed by atoms with Crippen LogP contribution in [0.25, 0.3) is 0 Å². The van der Waals surface area contributed by atoms with Crippen LogP contribution in [0.4, 0.5) is 0 Å². The molecular formula is C6H16N2. The molecular weight excluding hydrogens is 100 g/mol. The minimum Gasteiger partial charge on any atom is -0.316 e. The molecule has 0 aliphatic rings. The lowest BCUT2D eigenvalue weighted by atomic mass is 10.3. The van der Waals surface area contributed by atoms with Crippen molar-refractivity contribution in [3.63, 3.8) is 0 Å². The third-order valence-corrected chi connectivity index (χ3v) is 1.13. The highest BCUT2D eigenvalue weighted by Crippen LogP contribution is 1.80. The predicted molar refractivity (Wildman–Crippen MR) is 37.1 cm³/mol. The molecule has 0 radical (unpaired) electrons. The van der Waals surface area contributed by atoms with Gasteiger partial charge in [-0.15, -0.1) is 0 Å². The predicted octanol–water partition coefficient (Wildman–Crippen LogP) is 0.156. The number of nitrogens with one attached hydrogen (secondary N) is 1. The SMILES string of the molecule is CNC(C)CN(C)C. The third kappa shape index (κ3) is 4.09. The molecule has 1 unspecified atom stereocenters. The first-order valence-electron chi connectivity index (χ1n) is 2.98. The molecule has 0 rings (SSSR count). The molecule has 0 fully saturated rings. The van der Waals surface area contributed by atoms with Crippen molar-refractivity contribution in [1.29, 1.82) is 0 Å². The first kappa shape index (κ1) is 7.92. The highest BCUT2D eigenvalue weighted by atomic mass is 15.1. The van der Waals surface area contributed by atoms with Crippen molar-refractivity contribution in [3.05, 3.63) is 0 Å². The van der Waals surface area contributed by atoms with E-state index in [1.54, 1.807) is 0 Å². The average Bonchev–Trinajstić information content (AvgIpc) is 1.65. The van der Waals surface area contributed by atoms with Crippen molar-refractivity contribution >= 4 is 0 Å². The molecule has 0 aromatic heterocycles. The van der Waals surface area contributed by atoms with Gasteiger partial charge in [-0.1, -0.05) is 0 Å². The molecule has 0 aliphatic carbocycles. The first-order valence-corrected chi connectivity index (χ1v) is 2.98. The standard InChI is InChI=1S/C6H16N2/c1-6(7-2)5-8(3)4/h6-7H,5H2,1-4H3. The maximum Gasteiger partial charge on any atom is 0.0163 e. The Hall–Kier alpha value is -0.0800. The molecule has 2 heteroatoms. The number of rotatable bonds is 3. The van der Waals surface area contributed by atoms with E-state index in [2.05, 4.69) is 31.2 Å². The van der Waals surface area contributed by atoms with Gasteiger partial charge in [-0.3, -0.25) is 0 Å². The molecule has 0 aromatic rings. The van der Waals surface area contributed by atoms with Gasteiger partial charge in [0, 0.05) is 12.6 Å². The highest BCUT2D eigenvalue weighted by Gasteiger charge is 1.96. The van der Waals surface area contributed by atoms with Crippen molar-refractivity contribution < 1.29 is 0 Å². The zero-order valence-corrected chi connectivity index (χ0v) is 6.23. The lowest BCUT2D eigenvalue weighted by Gasteiger charge is -2.15. The van der Waals surface area contributed by atoms with Crippen LogP contribution < -0.4 is 5.32 Å². The van der Waals surface area contributed by atoms with Gasteiger partial charge in [-0.25, -0.2) is 0 Å². The van der Waals surface area contributed by atoms with E-state index in [1.165, 1.54) is 0 Å². The molecule has 0 spiro atoms. The lowest BCUT2D eigenvalue weighted by Crippen LogP contribution is -2.33. The maximum absolute atomic E-state index is 3.15. The first-order chi connectivity index (χ1) is 3.66. The van der Waals surface area contributed by atoms with E-state index >= 15 is 0 Å². The number of hydrogen-bond donors (Lipinski definition) is 1. The molecule has 8 heavy (non-hydrogen) atoms. The van der Waals surface area contributed by atoms with Crippen LogP contribution in [0.15, 0.2) is 0 Å². The van der Waals surface area contributed by atoms with E-state index in [-0.39, 0.29) is 0 Å².